The van der Waals surface area contributed by atoms with E-state index in [9.17, 15) is 4.79 Å². The summed E-state index contributed by atoms with van der Waals surface area (Å²) in [5, 5.41) is 9.54. The zero-order chi connectivity index (χ0) is 15.5. The highest BCUT2D eigenvalue weighted by Gasteiger charge is 2.32. The Labute approximate surface area is 128 Å². The quantitative estimate of drug-likeness (QED) is 0.899. The lowest BCUT2D eigenvalue weighted by atomic mass is 10.0. The van der Waals surface area contributed by atoms with Gasteiger partial charge in [0.1, 0.15) is 6.10 Å². The molecule has 0 bridgehead atoms. The van der Waals surface area contributed by atoms with Gasteiger partial charge < -0.3 is 14.8 Å². The Bertz CT molecular complexity index is 655. The third-order valence-corrected chi connectivity index (χ3v) is 3.95. The van der Waals surface area contributed by atoms with Crippen molar-refractivity contribution in [2.45, 2.75) is 26.0 Å². The lowest BCUT2D eigenvalue weighted by Crippen LogP contribution is -2.45. The lowest BCUT2D eigenvalue weighted by Gasteiger charge is -2.20. The van der Waals surface area contributed by atoms with Gasteiger partial charge in [0, 0.05) is 5.56 Å². The Morgan fingerprint density at radius 1 is 1.41 bits per heavy atom. The van der Waals surface area contributed by atoms with Crippen LogP contribution >= 0.6 is 0 Å². The van der Waals surface area contributed by atoms with Crippen molar-refractivity contribution in [3.63, 3.8) is 0 Å². The van der Waals surface area contributed by atoms with Gasteiger partial charge in [0.2, 0.25) is 0 Å². The summed E-state index contributed by atoms with van der Waals surface area (Å²) in [5.74, 6) is 0.541. The molecule has 0 unspecified atom stereocenters. The molecule has 116 valence electrons. The van der Waals surface area contributed by atoms with Crippen molar-refractivity contribution in [2.24, 2.45) is 0 Å². The largest absolute Gasteiger partial charge is 0.482 e. The number of carbonyl (C=O) groups excluding carboxylic acids is 1. The molecular formula is C16H19N3O3. The highest BCUT2D eigenvalue weighted by Crippen LogP contribution is 2.17. The van der Waals surface area contributed by atoms with Crippen LogP contribution in [0.15, 0.2) is 30.6 Å². The molecule has 1 saturated heterocycles. The van der Waals surface area contributed by atoms with Gasteiger partial charge in [-0.2, -0.15) is 5.10 Å². The monoisotopic (exact) mass is 301 g/mol. The molecule has 0 radical (unpaired) electrons. The summed E-state index contributed by atoms with van der Waals surface area (Å²) in [4.78, 5) is 12.5. The van der Waals surface area contributed by atoms with Crippen molar-refractivity contribution < 1.29 is 14.3 Å². The van der Waals surface area contributed by atoms with Crippen LogP contribution in [0.1, 0.15) is 21.5 Å². The summed E-state index contributed by atoms with van der Waals surface area (Å²) in [6, 6.07) is 5.54. The predicted octanol–water partition coefficient (Wildman–Crippen LogP) is 1.60. The minimum absolute atomic E-state index is 0.0995. The molecule has 6 heteroatoms. The molecule has 2 atom stereocenters. The normalized spacial score (nSPS) is 20.8. The number of aromatic nitrogens is 2. The number of amides is 1. The van der Waals surface area contributed by atoms with E-state index in [1.165, 1.54) is 0 Å². The van der Waals surface area contributed by atoms with Crippen molar-refractivity contribution in [1.82, 2.24) is 15.5 Å². The highest BCUT2D eigenvalue weighted by atomic mass is 16.5. The SMILES string of the molecule is Cc1cccc(C(=O)N[C@H]2COC[C@H]2Oc2cn[nH]c2)c1C. The van der Waals surface area contributed by atoms with E-state index in [2.05, 4.69) is 15.5 Å². The lowest BCUT2D eigenvalue weighted by molar-refractivity contribution is 0.0903. The van der Waals surface area contributed by atoms with Crippen molar-refractivity contribution in [3.05, 3.63) is 47.3 Å². The first-order valence-electron chi connectivity index (χ1n) is 7.25. The number of nitrogens with zero attached hydrogens (tertiary/aromatic N) is 1. The van der Waals surface area contributed by atoms with Gasteiger partial charge in [0.25, 0.3) is 5.91 Å². The zero-order valence-electron chi connectivity index (χ0n) is 12.6. The Hall–Kier alpha value is -2.34. The number of carbonyl (C=O) groups is 1. The van der Waals surface area contributed by atoms with Crippen LogP contribution in [0.25, 0.3) is 0 Å². The second-order valence-corrected chi connectivity index (χ2v) is 5.46. The van der Waals surface area contributed by atoms with Crippen LogP contribution in [0.3, 0.4) is 0 Å². The number of rotatable bonds is 4. The molecule has 1 aliphatic rings. The van der Waals surface area contributed by atoms with Crippen LogP contribution in [0.5, 0.6) is 5.75 Å². The van der Waals surface area contributed by atoms with Crippen molar-refractivity contribution in [2.75, 3.05) is 13.2 Å². The summed E-state index contributed by atoms with van der Waals surface area (Å²) in [6.07, 6.45) is 3.05. The minimum Gasteiger partial charge on any atom is -0.482 e. The number of ether oxygens (including phenoxy) is 2. The van der Waals surface area contributed by atoms with Crippen molar-refractivity contribution >= 4 is 5.91 Å². The number of aryl methyl sites for hydroxylation is 1. The van der Waals surface area contributed by atoms with Gasteiger partial charge in [0.05, 0.1) is 31.6 Å². The number of nitrogens with one attached hydrogen (secondary N) is 2. The number of hydrogen-bond acceptors (Lipinski definition) is 4. The molecule has 0 aliphatic carbocycles. The van der Waals surface area contributed by atoms with Gasteiger partial charge >= 0.3 is 0 Å². The third-order valence-electron chi connectivity index (χ3n) is 3.95. The first-order chi connectivity index (χ1) is 10.6. The van der Waals surface area contributed by atoms with E-state index >= 15 is 0 Å². The smallest absolute Gasteiger partial charge is 0.251 e. The summed E-state index contributed by atoms with van der Waals surface area (Å²) >= 11 is 0. The van der Waals surface area contributed by atoms with E-state index in [0.717, 1.165) is 11.1 Å². The van der Waals surface area contributed by atoms with Crippen LogP contribution in [0.4, 0.5) is 0 Å². The summed E-state index contributed by atoms with van der Waals surface area (Å²) < 4.78 is 11.2. The molecule has 2 heterocycles. The van der Waals surface area contributed by atoms with E-state index in [0.29, 0.717) is 24.5 Å². The molecule has 6 nitrogen and oxygen atoms in total. The Kier molecular flexibility index (Phi) is 4.11. The fourth-order valence-electron chi connectivity index (χ4n) is 2.51. The fraction of sp³-hybridized carbons (Fsp3) is 0.375. The molecule has 2 aromatic rings. The Balaban J connectivity index is 1.68. The molecule has 22 heavy (non-hydrogen) atoms. The molecule has 3 rings (SSSR count). The van der Waals surface area contributed by atoms with Crippen LogP contribution in [-0.2, 0) is 4.74 Å². The van der Waals surface area contributed by atoms with Gasteiger partial charge in [-0.15, -0.1) is 0 Å². The second kappa shape index (κ2) is 6.19. The van der Waals surface area contributed by atoms with Gasteiger partial charge in [0.15, 0.2) is 5.75 Å². The summed E-state index contributed by atoms with van der Waals surface area (Å²) in [6.45, 7) is 4.84. The molecule has 1 aromatic heterocycles. The molecule has 0 saturated carbocycles. The number of aromatic amines is 1. The van der Waals surface area contributed by atoms with Crippen molar-refractivity contribution in [1.29, 1.82) is 0 Å². The molecule has 1 amide bonds. The molecule has 1 fully saturated rings. The topological polar surface area (TPSA) is 76.2 Å². The Morgan fingerprint density at radius 2 is 2.27 bits per heavy atom. The van der Waals surface area contributed by atoms with E-state index in [-0.39, 0.29) is 18.1 Å². The first-order valence-corrected chi connectivity index (χ1v) is 7.25. The van der Waals surface area contributed by atoms with Gasteiger partial charge in [-0.1, -0.05) is 12.1 Å². The molecule has 1 aliphatic heterocycles. The maximum Gasteiger partial charge on any atom is 0.251 e. The Morgan fingerprint density at radius 3 is 3.05 bits per heavy atom. The zero-order valence-corrected chi connectivity index (χ0v) is 12.6. The van der Waals surface area contributed by atoms with E-state index in [4.69, 9.17) is 9.47 Å². The minimum atomic E-state index is -0.216. The highest BCUT2D eigenvalue weighted by molar-refractivity contribution is 5.96. The van der Waals surface area contributed by atoms with Gasteiger partial charge in [-0.3, -0.25) is 9.89 Å². The van der Waals surface area contributed by atoms with Crippen LogP contribution in [0.2, 0.25) is 0 Å². The number of H-pyrrole nitrogens is 1. The number of benzene rings is 1. The van der Waals surface area contributed by atoms with Crippen LogP contribution in [0, 0.1) is 13.8 Å². The van der Waals surface area contributed by atoms with E-state index in [1.807, 2.05) is 32.0 Å². The second-order valence-electron chi connectivity index (χ2n) is 5.46. The third kappa shape index (κ3) is 2.96. The predicted molar refractivity (Wildman–Crippen MR) is 81.0 cm³/mol. The number of hydrogen-bond donors (Lipinski definition) is 2. The fourth-order valence-corrected chi connectivity index (χ4v) is 2.51. The maximum absolute atomic E-state index is 12.5. The molecule has 2 N–H and O–H groups in total. The summed E-state index contributed by atoms with van der Waals surface area (Å²) in [5.41, 5.74) is 2.78. The first kappa shape index (κ1) is 14.6. The van der Waals surface area contributed by atoms with E-state index < -0.39 is 0 Å². The maximum atomic E-state index is 12.5. The van der Waals surface area contributed by atoms with Crippen molar-refractivity contribution in [3.8, 4) is 5.75 Å². The van der Waals surface area contributed by atoms with Gasteiger partial charge in [-0.25, -0.2) is 0 Å². The molecular weight excluding hydrogens is 282 g/mol. The van der Waals surface area contributed by atoms with Crippen LogP contribution in [-0.4, -0.2) is 41.5 Å². The van der Waals surface area contributed by atoms with E-state index in [1.54, 1.807) is 12.4 Å². The van der Waals surface area contributed by atoms with Gasteiger partial charge in [-0.05, 0) is 31.0 Å². The van der Waals surface area contributed by atoms with Crippen LogP contribution < -0.4 is 10.1 Å². The average Bonchev–Trinajstić information content (AvgIpc) is 3.15. The standard InChI is InChI=1S/C16H19N3O3/c1-10-4-3-5-13(11(10)2)16(20)19-14-8-21-9-15(14)22-12-6-17-18-7-12/h3-7,14-15H,8-9H2,1-2H3,(H,17,18)(H,19,20)/t14-,15+/m0/s1. The summed E-state index contributed by atoms with van der Waals surface area (Å²) in [7, 11) is 0. The average molecular weight is 301 g/mol. The molecule has 0 spiro atoms. The molecule has 1 aromatic carbocycles.